The molecular formula is C12H16F2N2OS. The molecule has 1 N–H and O–H groups in total. The minimum absolute atomic E-state index is 0.0834. The van der Waals surface area contributed by atoms with E-state index < -0.39 is 5.92 Å². The first-order chi connectivity index (χ1) is 8.48. The maximum Gasteiger partial charge on any atom is 0.317 e. The number of urea groups is 1. The van der Waals surface area contributed by atoms with Gasteiger partial charge in [0.15, 0.2) is 0 Å². The lowest BCUT2D eigenvalue weighted by Gasteiger charge is -2.32. The number of nitrogens with zero attached hydrogens (tertiary/aromatic N) is 1. The van der Waals surface area contributed by atoms with E-state index in [2.05, 4.69) is 5.32 Å². The fraction of sp³-hybridized carbons (Fsp3) is 0.583. The molecule has 0 aromatic carbocycles. The number of rotatable bonds is 2. The fourth-order valence-electron chi connectivity index (χ4n) is 1.92. The number of piperidine rings is 1. The Balaban J connectivity index is 1.86. The molecule has 1 saturated heterocycles. The first-order valence-corrected chi connectivity index (χ1v) is 6.82. The van der Waals surface area contributed by atoms with E-state index in [9.17, 15) is 13.6 Å². The molecule has 2 heterocycles. The number of likely N-dealkylation sites (tertiary alicyclic amines) is 1. The second-order valence-electron chi connectivity index (χ2n) is 4.53. The number of alkyl halides is 2. The summed E-state index contributed by atoms with van der Waals surface area (Å²) in [5, 5.41) is 4.78. The van der Waals surface area contributed by atoms with Gasteiger partial charge in [0, 0.05) is 30.8 Å². The van der Waals surface area contributed by atoms with Gasteiger partial charge in [0.25, 0.3) is 5.92 Å². The Kier molecular flexibility index (Phi) is 3.85. The Morgan fingerprint density at radius 3 is 2.72 bits per heavy atom. The molecule has 0 aliphatic carbocycles. The maximum absolute atomic E-state index is 13.0. The van der Waals surface area contributed by atoms with Crippen LogP contribution in [0.5, 0.6) is 0 Å². The molecule has 100 valence electrons. The molecular weight excluding hydrogens is 258 g/mol. The van der Waals surface area contributed by atoms with Crippen molar-refractivity contribution in [2.24, 2.45) is 0 Å². The van der Waals surface area contributed by atoms with Crippen LogP contribution in [0.4, 0.5) is 13.6 Å². The van der Waals surface area contributed by atoms with Crippen molar-refractivity contribution in [2.45, 2.75) is 31.7 Å². The summed E-state index contributed by atoms with van der Waals surface area (Å²) in [5.74, 6) is -2.61. The Hall–Kier alpha value is -1.17. The van der Waals surface area contributed by atoms with Crippen LogP contribution in [0.3, 0.4) is 0 Å². The molecule has 3 nitrogen and oxygen atoms in total. The highest BCUT2D eigenvalue weighted by Gasteiger charge is 2.35. The molecule has 0 saturated carbocycles. The fourth-order valence-corrected chi connectivity index (χ4v) is 2.66. The third-order valence-electron chi connectivity index (χ3n) is 3.09. The van der Waals surface area contributed by atoms with Gasteiger partial charge in [-0.05, 0) is 18.4 Å². The first kappa shape index (κ1) is 13.3. The lowest BCUT2D eigenvalue weighted by atomic mass is 10.1. The van der Waals surface area contributed by atoms with Crippen LogP contribution in [0.25, 0.3) is 0 Å². The van der Waals surface area contributed by atoms with Crippen LogP contribution >= 0.6 is 11.3 Å². The number of thiophene rings is 1. The normalized spacial score (nSPS) is 20.5. The maximum atomic E-state index is 13.0. The molecule has 2 amide bonds. The summed E-state index contributed by atoms with van der Waals surface area (Å²) in [4.78, 5) is 14.4. The summed E-state index contributed by atoms with van der Waals surface area (Å²) in [6, 6.07) is 3.52. The number of carbonyl (C=O) groups is 1. The number of nitrogens with one attached hydrogen (secondary N) is 1. The molecule has 6 heteroatoms. The zero-order valence-corrected chi connectivity index (χ0v) is 11.0. The van der Waals surface area contributed by atoms with Crippen molar-refractivity contribution in [1.82, 2.24) is 10.2 Å². The van der Waals surface area contributed by atoms with Gasteiger partial charge >= 0.3 is 6.03 Å². The van der Waals surface area contributed by atoms with E-state index in [1.54, 1.807) is 11.3 Å². The second kappa shape index (κ2) is 5.22. The largest absolute Gasteiger partial charge is 0.331 e. The molecule has 1 aliphatic heterocycles. The molecule has 2 rings (SSSR count). The van der Waals surface area contributed by atoms with Crippen LogP contribution in [0.1, 0.15) is 30.7 Å². The molecule has 1 atom stereocenters. The van der Waals surface area contributed by atoms with Gasteiger partial charge in [-0.15, -0.1) is 11.3 Å². The summed E-state index contributed by atoms with van der Waals surface area (Å²) >= 11 is 1.57. The number of hydrogen-bond acceptors (Lipinski definition) is 2. The van der Waals surface area contributed by atoms with Crippen molar-refractivity contribution in [2.75, 3.05) is 13.1 Å². The third kappa shape index (κ3) is 3.19. The van der Waals surface area contributed by atoms with Crippen molar-refractivity contribution in [3.8, 4) is 0 Å². The Labute approximate surface area is 109 Å². The summed E-state index contributed by atoms with van der Waals surface area (Å²) in [6.45, 7) is 2.13. The molecule has 18 heavy (non-hydrogen) atoms. The van der Waals surface area contributed by atoms with Crippen molar-refractivity contribution in [3.63, 3.8) is 0 Å². The van der Waals surface area contributed by atoms with Gasteiger partial charge < -0.3 is 10.2 Å². The van der Waals surface area contributed by atoms with E-state index in [0.29, 0.717) is 0 Å². The van der Waals surface area contributed by atoms with E-state index >= 15 is 0 Å². The number of halogens is 2. The summed E-state index contributed by atoms with van der Waals surface area (Å²) in [7, 11) is 0. The first-order valence-electron chi connectivity index (χ1n) is 5.95. The summed E-state index contributed by atoms with van der Waals surface area (Å²) in [5.41, 5.74) is 0. The monoisotopic (exact) mass is 274 g/mol. The second-order valence-corrected chi connectivity index (χ2v) is 5.51. The Bertz CT molecular complexity index is 398. The molecule has 1 aliphatic rings. The summed E-state index contributed by atoms with van der Waals surface area (Å²) in [6.07, 6.45) is -0.485. The average Bonchev–Trinajstić information content (AvgIpc) is 2.82. The molecule has 1 fully saturated rings. The highest BCUT2D eigenvalue weighted by molar-refractivity contribution is 7.10. The van der Waals surface area contributed by atoms with Gasteiger partial charge in [-0.1, -0.05) is 6.07 Å². The predicted molar refractivity (Wildman–Crippen MR) is 67.0 cm³/mol. The standard InChI is InChI=1S/C12H16F2N2OS/c1-9(10-3-2-8-18-10)15-11(17)16-6-4-12(13,14)5-7-16/h2-3,8-9H,4-7H2,1H3,(H,15,17). The SMILES string of the molecule is CC(NC(=O)N1CCC(F)(F)CC1)c1cccs1. The highest BCUT2D eigenvalue weighted by Crippen LogP contribution is 2.28. The van der Waals surface area contributed by atoms with Crippen molar-refractivity contribution in [3.05, 3.63) is 22.4 Å². The van der Waals surface area contributed by atoms with E-state index in [1.807, 2.05) is 24.4 Å². The predicted octanol–water partition coefficient (Wildman–Crippen LogP) is 3.25. The van der Waals surface area contributed by atoms with Crippen molar-refractivity contribution in [1.29, 1.82) is 0 Å². The average molecular weight is 274 g/mol. The highest BCUT2D eigenvalue weighted by atomic mass is 32.1. The van der Waals surface area contributed by atoms with Crippen LogP contribution in [-0.4, -0.2) is 29.9 Å². The van der Waals surface area contributed by atoms with Gasteiger partial charge in [0.2, 0.25) is 0 Å². The lowest BCUT2D eigenvalue weighted by molar-refractivity contribution is -0.0470. The minimum atomic E-state index is -2.61. The lowest BCUT2D eigenvalue weighted by Crippen LogP contribution is -2.47. The number of hydrogen-bond donors (Lipinski definition) is 1. The van der Waals surface area contributed by atoms with Crippen LogP contribution in [-0.2, 0) is 0 Å². The van der Waals surface area contributed by atoms with E-state index in [-0.39, 0.29) is 38.0 Å². The minimum Gasteiger partial charge on any atom is -0.331 e. The van der Waals surface area contributed by atoms with E-state index in [4.69, 9.17) is 0 Å². The van der Waals surface area contributed by atoms with Gasteiger partial charge in [-0.2, -0.15) is 0 Å². The Morgan fingerprint density at radius 2 is 2.17 bits per heavy atom. The molecule has 0 bridgehead atoms. The molecule has 0 spiro atoms. The Morgan fingerprint density at radius 1 is 1.50 bits per heavy atom. The van der Waals surface area contributed by atoms with E-state index in [0.717, 1.165) is 4.88 Å². The van der Waals surface area contributed by atoms with Crippen LogP contribution < -0.4 is 5.32 Å². The van der Waals surface area contributed by atoms with Crippen LogP contribution in [0, 0.1) is 0 Å². The molecule has 0 radical (unpaired) electrons. The molecule has 1 aromatic heterocycles. The third-order valence-corrected chi connectivity index (χ3v) is 4.15. The zero-order chi connectivity index (χ0) is 13.2. The molecule has 1 aromatic rings. The molecule has 1 unspecified atom stereocenters. The van der Waals surface area contributed by atoms with Crippen molar-refractivity contribution >= 4 is 17.4 Å². The van der Waals surface area contributed by atoms with Crippen LogP contribution in [0.2, 0.25) is 0 Å². The summed E-state index contributed by atoms with van der Waals surface area (Å²) < 4.78 is 25.9. The number of carbonyl (C=O) groups excluding carboxylic acids is 1. The number of amides is 2. The van der Waals surface area contributed by atoms with Gasteiger partial charge in [0.05, 0.1) is 6.04 Å². The van der Waals surface area contributed by atoms with Gasteiger partial charge in [-0.25, -0.2) is 13.6 Å². The smallest absolute Gasteiger partial charge is 0.317 e. The van der Waals surface area contributed by atoms with Gasteiger partial charge in [0.1, 0.15) is 0 Å². The van der Waals surface area contributed by atoms with Crippen molar-refractivity contribution < 1.29 is 13.6 Å². The topological polar surface area (TPSA) is 32.3 Å². The zero-order valence-electron chi connectivity index (χ0n) is 10.2. The van der Waals surface area contributed by atoms with Gasteiger partial charge in [-0.3, -0.25) is 0 Å². The van der Waals surface area contributed by atoms with E-state index in [1.165, 1.54) is 4.90 Å². The quantitative estimate of drug-likeness (QED) is 0.882. The van der Waals surface area contributed by atoms with Crippen LogP contribution in [0.15, 0.2) is 17.5 Å².